The average molecular weight is 209 g/mol. The molecule has 0 saturated heterocycles. The average Bonchev–Trinajstić information content (AvgIpc) is 2.80. The highest BCUT2D eigenvalue weighted by Crippen LogP contribution is 2.35. The van der Waals surface area contributed by atoms with Gasteiger partial charge in [-0.3, -0.25) is 4.99 Å². The van der Waals surface area contributed by atoms with Gasteiger partial charge in [0, 0.05) is 29.2 Å². The summed E-state index contributed by atoms with van der Waals surface area (Å²) >= 11 is 0. The number of nitrogens with zero attached hydrogens (tertiary/aromatic N) is 3. The lowest BCUT2D eigenvalue weighted by molar-refractivity contribution is 1.15. The maximum Gasteiger partial charge on any atom is 0.115 e. The number of hydrogen-bond acceptors (Lipinski definition) is 3. The SMILES string of the molecule is CC1=CC2=C(c3cncnc3)C=C(C)C2=N1. The van der Waals surface area contributed by atoms with Crippen molar-refractivity contribution in [3.8, 4) is 0 Å². The second-order valence-electron chi connectivity index (χ2n) is 4.03. The molecule has 0 bridgehead atoms. The number of hydrogen-bond donors (Lipinski definition) is 0. The summed E-state index contributed by atoms with van der Waals surface area (Å²) in [7, 11) is 0. The van der Waals surface area contributed by atoms with Gasteiger partial charge in [-0.15, -0.1) is 0 Å². The van der Waals surface area contributed by atoms with E-state index in [9.17, 15) is 0 Å². The van der Waals surface area contributed by atoms with Crippen LogP contribution in [0.25, 0.3) is 5.57 Å². The third kappa shape index (κ3) is 1.25. The lowest BCUT2D eigenvalue weighted by atomic mass is 10.1. The quantitative estimate of drug-likeness (QED) is 0.712. The van der Waals surface area contributed by atoms with E-state index in [1.165, 1.54) is 16.7 Å². The largest absolute Gasteiger partial charge is 0.253 e. The summed E-state index contributed by atoms with van der Waals surface area (Å²) in [4.78, 5) is 12.6. The molecular weight excluding hydrogens is 198 g/mol. The molecule has 1 aliphatic carbocycles. The van der Waals surface area contributed by atoms with Crippen LogP contribution in [-0.4, -0.2) is 15.7 Å². The van der Waals surface area contributed by atoms with Gasteiger partial charge < -0.3 is 0 Å². The number of rotatable bonds is 1. The van der Waals surface area contributed by atoms with Crippen LogP contribution in [0.2, 0.25) is 0 Å². The van der Waals surface area contributed by atoms with Crippen LogP contribution < -0.4 is 0 Å². The number of allylic oxidation sites excluding steroid dienone is 6. The second kappa shape index (κ2) is 3.23. The standard InChI is InChI=1S/C13H11N3/c1-8-3-11(10-5-14-7-15-6-10)12-4-9(2)16-13(8)12/h3-7H,1-2H3. The Morgan fingerprint density at radius 3 is 2.44 bits per heavy atom. The third-order valence-corrected chi connectivity index (χ3v) is 2.79. The van der Waals surface area contributed by atoms with E-state index >= 15 is 0 Å². The summed E-state index contributed by atoms with van der Waals surface area (Å²) in [5.74, 6) is 0. The van der Waals surface area contributed by atoms with E-state index in [1.54, 1.807) is 6.33 Å². The van der Waals surface area contributed by atoms with Crippen molar-refractivity contribution >= 4 is 11.3 Å². The molecule has 1 aliphatic heterocycles. The minimum Gasteiger partial charge on any atom is -0.253 e. The summed E-state index contributed by atoms with van der Waals surface area (Å²) < 4.78 is 0. The highest BCUT2D eigenvalue weighted by atomic mass is 14.8. The predicted molar refractivity (Wildman–Crippen MR) is 63.9 cm³/mol. The Bertz CT molecular complexity index is 574. The van der Waals surface area contributed by atoms with Crippen LogP contribution in [0.15, 0.2) is 52.7 Å². The fraction of sp³-hybridized carbons (Fsp3) is 0.154. The van der Waals surface area contributed by atoms with Crippen molar-refractivity contribution in [2.24, 2.45) is 4.99 Å². The normalized spacial score (nSPS) is 18.2. The van der Waals surface area contributed by atoms with Crippen LogP contribution in [-0.2, 0) is 0 Å². The zero-order chi connectivity index (χ0) is 11.1. The van der Waals surface area contributed by atoms with E-state index in [1.807, 2.05) is 19.3 Å². The predicted octanol–water partition coefficient (Wildman–Crippen LogP) is 2.55. The molecule has 0 unspecified atom stereocenters. The smallest absolute Gasteiger partial charge is 0.115 e. The lowest BCUT2D eigenvalue weighted by Crippen LogP contribution is -1.94. The second-order valence-corrected chi connectivity index (χ2v) is 4.03. The third-order valence-electron chi connectivity index (χ3n) is 2.79. The van der Waals surface area contributed by atoms with Crippen molar-refractivity contribution in [3.05, 3.63) is 53.3 Å². The van der Waals surface area contributed by atoms with Crippen molar-refractivity contribution in [3.63, 3.8) is 0 Å². The monoisotopic (exact) mass is 209 g/mol. The molecule has 2 heterocycles. The van der Waals surface area contributed by atoms with Crippen molar-refractivity contribution < 1.29 is 0 Å². The topological polar surface area (TPSA) is 38.1 Å². The molecule has 0 aromatic carbocycles. The molecule has 0 N–H and O–H groups in total. The van der Waals surface area contributed by atoms with E-state index in [0.717, 1.165) is 17.0 Å². The molecule has 2 aliphatic rings. The Hall–Kier alpha value is -2.03. The molecule has 0 radical (unpaired) electrons. The fourth-order valence-electron chi connectivity index (χ4n) is 2.09. The molecule has 0 atom stereocenters. The first kappa shape index (κ1) is 9.21. The van der Waals surface area contributed by atoms with Gasteiger partial charge in [0.25, 0.3) is 0 Å². The molecule has 0 fully saturated rings. The van der Waals surface area contributed by atoms with E-state index in [0.29, 0.717) is 0 Å². The van der Waals surface area contributed by atoms with Gasteiger partial charge in [0.15, 0.2) is 0 Å². The molecule has 1 aromatic heterocycles. The van der Waals surface area contributed by atoms with Gasteiger partial charge in [-0.2, -0.15) is 0 Å². The van der Waals surface area contributed by atoms with Gasteiger partial charge in [0.05, 0.1) is 5.71 Å². The van der Waals surface area contributed by atoms with E-state index in [2.05, 4.69) is 34.0 Å². The van der Waals surface area contributed by atoms with Crippen molar-refractivity contribution in [2.75, 3.05) is 0 Å². The van der Waals surface area contributed by atoms with Crippen molar-refractivity contribution in [1.29, 1.82) is 0 Å². The van der Waals surface area contributed by atoms with E-state index in [4.69, 9.17) is 0 Å². The summed E-state index contributed by atoms with van der Waals surface area (Å²) in [5, 5.41) is 0. The first-order valence-electron chi connectivity index (χ1n) is 5.21. The van der Waals surface area contributed by atoms with Crippen molar-refractivity contribution in [1.82, 2.24) is 9.97 Å². The molecule has 0 amide bonds. The summed E-state index contributed by atoms with van der Waals surface area (Å²) in [5.41, 5.74) is 6.79. The molecule has 16 heavy (non-hydrogen) atoms. The molecule has 3 heteroatoms. The first-order chi connectivity index (χ1) is 7.75. The number of fused-ring (bicyclic) bond motifs is 1. The number of aliphatic imine (C=N–C) groups is 1. The Morgan fingerprint density at radius 1 is 0.938 bits per heavy atom. The fourth-order valence-corrected chi connectivity index (χ4v) is 2.09. The van der Waals surface area contributed by atoms with Crippen LogP contribution in [0.5, 0.6) is 0 Å². The minimum atomic E-state index is 1.05. The lowest BCUT2D eigenvalue weighted by Gasteiger charge is -1.99. The summed E-state index contributed by atoms with van der Waals surface area (Å²) in [6.45, 7) is 4.10. The van der Waals surface area contributed by atoms with Crippen LogP contribution >= 0.6 is 0 Å². The molecule has 78 valence electrons. The van der Waals surface area contributed by atoms with Crippen LogP contribution in [0.1, 0.15) is 19.4 Å². The molecule has 3 rings (SSSR count). The first-order valence-corrected chi connectivity index (χ1v) is 5.21. The minimum absolute atomic E-state index is 1.05. The Balaban J connectivity index is 2.19. The van der Waals surface area contributed by atoms with Gasteiger partial charge in [0.2, 0.25) is 0 Å². The van der Waals surface area contributed by atoms with Crippen LogP contribution in [0.4, 0.5) is 0 Å². The Labute approximate surface area is 94.0 Å². The van der Waals surface area contributed by atoms with Gasteiger partial charge >= 0.3 is 0 Å². The Morgan fingerprint density at radius 2 is 1.69 bits per heavy atom. The molecule has 1 aromatic rings. The highest BCUT2D eigenvalue weighted by molar-refractivity contribution is 6.25. The van der Waals surface area contributed by atoms with Crippen molar-refractivity contribution in [2.45, 2.75) is 13.8 Å². The zero-order valence-electron chi connectivity index (χ0n) is 9.23. The van der Waals surface area contributed by atoms with Crippen LogP contribution in [0.3, 0.4) is 0 Å². The maximum absolute atomic E-state index is 4.52. The van der Waals surface area contributed by atoms with Gasteiger partial charge in [-0.25, -0.2) is 9.97 Å². The van der Waals surface area contributed by atoms with Gasteiger partial charge in [-0.1, -0.05) is 0 Å². The van der Waals surface area contributed by atoms with Gasteiger partial charge in [0.1, 0.15) is 6.33 Å². The molecular formula is C13H11N3. The van der Waals surface area contributed by atoms with Gasteiger partial charge in [-0.05, 0) is 37.1 Å². The highest BCUT2D eigenvalue weighted by Gasteiger charge is 2.23. The molecule has 3 nitrogen and oxygen atoms in total. The maximum atomic E-state index is 4.52. The summed E-state index contributed by atoms with van der Waals surface area (Å²) in [6, 6.07) is 0. The Kier molecular flexibility index (Phi) is 1.86. The van der Waals surface area contributed by atoms with E-state index < -0.39 is 0 Å². The zero-order valence-corrected chi connectivity index (χ0v) is 9.23. The summed E-state index contributed by atoms with van der Waals surface area (Å²) in [6.07, 6.45) is 9.48. The van der Waals surface area contributed by atoms with E-state index in [-0.39, 0.29) is 0 Å². The van der Waals surface area contributed by atoms with Crippen LogP contribution in [0, 0.1) is 0 Å². The number of aromatic nitrogens is 2. The molecule has 0 saturated carbocycles. The molecule has 0 spiro atoms.